The third-order valence-corrected chi connectivity index (χ3v) is 5.03. The number of imide groups is 1. The zero-order chi connectivity index (χ0) is 23.3. The van der Waals surface area contributed by atoms with Crippen molar-refractivity contribution >= 4 is 31.3 Å². The number of anilines is 1. The number of ether oxygens (including phenoxy) is 1. The Hall–Kier alpha value is -3.40. The minimum atomic E-state index is -1.32. The molecule has 0 saturated heterocycles. The minimum absolute atomic E-state index is 0.0639. The van der Waals surface area contributed by atoms with E-state index in [9.17, 15) is 18.8 Å². The van der Waals surface area contributed by atoms with Gasteiger partial charge in [0.1, 0.15) is 26.0 Å². The predicted molar refractivity (Wildman–Crippen MR) is 116 cm³/mol. The van der Waals surface area contributed by atoms with Gasteiger partial charge in [0.15, 0.2) is 0 Å². The molecule has 0 aromatic heterocycles. The van der Waals surface area contributed by atoms with Crippen molar-refractivity contribution in [2.75, 3.05) is 18.5 Å². The maximum absolute atomic E-state index is 14.2. The number of carbonyl (C=O) groups is 3. The van der Waals surface area contributed by atoms with E-state index in [0.717, 1.165) is 0 Å². The summed E-state index contributed by atoms with van der Waals surface area (Å²) in [5, 5.41) is 14.1. The second-order valence-electron chi connectivity index (χ2n) is 7.15. The van der Waals surface area contributed by atoms with Crippen LogP contribution in [0.4, 0.5) is 10.1 Å². The molecule has 1 atom stereocenters. The first kappa shape index (κ1) is 23.3. The summed E-state index contributed by atoms with van der Waals surface area (Å²) in [5.41, 5.74) is 1.93. The quantitative estimate of drug-likeness (QED) is 0.509. The van der Waals surface area contributed by atoms with E-state index < -0.39 is 29.5 Å². The largest absolute Gasteiger partial charge is 0.491 e. The average molecular weight is 439 g/mol. The summed E-state index contributed by atoms with van der Waals surface area (Å²) in [6.07, 6.45) is 0.115. The fourth-order valence-electron chi connectivity index (χ4n) is 3.32. The second-order valence-corrected chi connectivity index (χ2v) is 7.15. The molecule has 1 aliphatic rings. The number of hydrogen-bond donors (Lipinski definition) is 3. The van der Waals surface area contributed by atoms with Crippen molar-refractivity contribution in [2.45, 2.75) is 32.4 Å². The molecule has 1 unspecified atom stereocenters. The Balaban J connectivity index is 1.74. The summed E-state index contributed by atoms with van der Waals surface area (Å²) in [6.45, 7) is 1.72. The van der Waals surface area contributed by atoms with E-state index in [-0.39, 0.29) is 32.7 Å². The van der Waals surface area contributed by atoms with E-state index in [1.54, 1.807) is 25.1 Å². The molecule has 10 heteroatoms. The van der Waals surface area contributed by atoms with E-state index >= 15 is 0 Å². The highest BCUT2D eigenvalue weighted by Crippen LogP contribution is 2.31. The van der Waals surface area contributed by atoms with Gasteiger partial charge in [0.05, 0.1) is 12.5 Å². The van der Waals surface area contributed by atoms with Crippen molar-refractivity contribution in [2.24, 2.45) is 0 Å². The van der Waals surface area contributed by atoms with Crippen LogP contribution in [0.1, 0.15) is 34.8 Å². The number of carbonyl (C=O) groups excluding carboxylic acids is 3. The first-order valence-corrected chi connectivity index (χ1v) is 10.1. The van der Waals surface area contributed by atoms with Crippen molar-refractivity contribution in [1.82, 2.24) is 10.2 Å². The maximum Gasteiger partial charge on any atom is 0.254 e. The highest BCUT2D eigenvalue weighted by atomic mass is 19.1. The lowest BCUT2D eigenvalue weighted by atomic mass is 9.93. The summed E-state index contributed by atoms with van der Waals surface area (Å²) in [4.78, 5) is 37.6. The third kappa shape index (κ3) is 5.08. The molecule has 32 heavy (non-hydrogen) atoms. The number of hydrogen-bond acceptors (Lipinski definition) is 6. The first-order valence-electron chi connectivity index (χ1n) is 10.1. The van der Waals surface area contributed by atoms with Crippen LogP contribution < -0.4 is 15.4 Å². The van der Waals surface area contributed by atoms with Crippen molar-refractivity contribution in [1.29, 1.82) is 0 Å². The van der Waals surface area contributed by atoms with Crippen LogP contribution in [0.15, 0.2) is 36.4 Å². The Labute approximate surface area is 186 Å². The molecule has 3 rings (SSSR count). The van der Waals surface area contributed by atoms with Gasteiger partial charge in [-0.25, -0.2) is 4.39 Å². The summed E-state index contributed by atoms with van der Waals surface area (Å²) in [7, 11) is 5.93. The molecule has 0 spiro atoms. The lowest BCUT2D eigenvalue weighted by Crippen LogP contribution is -2.49. The summed E-state index contributed by atoms with van der Waals surface area (Å²) in [5.74, 6) is -3.00. The Kier molecular flexibility index (Phi) is 7.47. The Morgan fingerprint density at radius 2 is 2.09 bits per heavy atom. The van der Waals surface area contributed by atoms with E-state index in [1.807, 2.05) is 0 Å². The molecule has 2 aromatic carbocycles. The van der Waals surface area contributed by atoms with Gasteiger partial charge in [-0.15, -0.1) is 0 Å². The molecule has 166 valence electrons. The predicted octanol–water partition coefficient (Wildman–Crippen LogP) is 1.31. The zero-order valence-corrected chi connectivity index (χ0v) is 17.6. The van der Waals surface area contributed by atoms with E-state index in [0.29, 0.717) is 28.1 Å². The van der Waals surface area contributed by atoms with Crippen LogP contribution in [0.25, 0.3) is 0 Å². The zero-order valence-electron chi connectivity index (χ0n) is 17.6. The number of aliphatic hydroxyl groups is 1. The lowest BCUT2D eigenvalue weighted by Gasteiger charge is -2.23. The number of amides is 3. The van der Waals surface area contributed by atoms with Gasteiger partial charge in [-0.05, 0) is 30.3 Å². The van der Waals surface area contributed by atoms with Gasteiger partial charge in [-0.3, -0.25) is 19.7 Å². The third-order valence-electron chi connectivity index (χ3n) is 5.03. The number of fused-ring (bicyclic) bond motifs is 1. The minimum Gasteiger partial charge on any atom is -0.491 e. The van der Waals surface area contributed by atoms with Gasteiger partial charge < -0.3 is 20.1 Å². The van der Waals surface area contributed by atoms with E-state index in [1.165, 1.54) is 23.1 Å². The van der Waals surface area contributed by atoms with Crippen LogP contribution >= 0.6 is 0 Å². The van der Waals surface area contributed by atoms with Crippen molar-refractivity contribution in [3.8, 4) is 5.75 Å². The molecular formula is C22H23BFN3O5. The molecule has 3 N–H and O–H groups in total. The monoisotopic (exact) mass is 439 g/mol. The molecular weight excluding hydrogens is 416 g/mol. The van der Waals surface area contributed by atoms with Crippen LogP contribution in [0.2, 0.25) is 0 Å². The average Bonchev–Trinajstić information content (AvgIpc) is 3.14. The summed E-state index contributed by atoms with van der Waals surface area (Å²) in [6, 6.07) is 9.32. The molecule has 0 aliphatic carbocycles. The molecule has 2 radical (unpaired) electrons. The topological polar surface area (TPSA) is 108 Å². The number of nitrogens with one attached hydrogen (secondary N) is 2. The van der Waals surface area contributed by atoms with Gasteiger partial charge in [-0.1, -0.05) is 13.0 Å². The van der Waals surface area contributed by atoms with Crippen molar-refractivity contribution in [3.63, 3.8) is 0 Å². The smallest absolute Gasteiger partial charge is 0.254 e. The number of nitrogens with zero attached hydrogens (tertiary/aromatic N) is 1. The standard InChI is InChI=1S/C22H23BFN3O5/c1-2-19(29)26-21(30)20(23)27-12-16-15(22(27)31)4-3-5-18(16)25-11-13-10-14(32-9-8-28)6-7-17(13)24/h3-7,10,20,25,28H,2,8-9,11-12H2,1H3,(H,26,29,30). The number of aliphatic hydroxyl groups excluding tert-OH is 1. The molecule has 0 bridgehead atoms. The normalized spacial score (nSPS) is 13.5. The first-order chi connectivity index (χ1) is 15.3. The number of halogens is 1. The number of benzene rings is 2. The maximum atomic E-state index is 14.2. The number of rotatable bonds is 9. The Morgan fingerprint density at radius 3 is 2.81 bits per heavy atom. The highest BCUT2D eigenvalue weighted by Gasteiger charge is 2.35. The van der Waals surface area contributed by atoms with Crippen LogP contribution in [0.5, 0.6) is 5.75 Å². The van der Waals surface area contributed by atoms with Crippen LogP contribution in [-0.4, -0.2) is 54.7 Å². The lowest BCUT2D eigenvalue weighted by molar-refractivity contribution is -0.131. The van der Waals surface area contributed by atoms with E-state index in [4.69, 9.17) is 17.7 Å². The van der Waals surface area contributed by atoms with Crippen LogP contribution in [0.3, 0.4) is 0 Å². The van der Waals surface area contributed by atoms with E-state index in [2.05, 4.69) is 10.6 Å². The fraction of sp³-hybridized carbons (Fsp3) is 0.318. The molecule has 8 nitrogen and oxygen atoms in total. The van der Waals surface area contributed by atoms with Crippen LogP contribution in [0, 0.1) is 5.82 Å². The molecule has 3 amide bonds. The summed E-state index contributed by atoms with van der Waals surface area (Å²) >= 11 is 0. The van der Waals surface area contributed by atoms with Gasteiger partial charge >= 0.3 is 0 Å². The molecule has 0 saturated carbocycles. The SMILES string of the molecule is [B]C(C(=O)NC(=O)CC)N1Cc2c(NCc3cc(OCCO)ccc3F)cccc2C1=O. The Morgan fingerprint density at radius 1 is 1.31 bits per heavy atom. The van der Waals surface area contributed by atoms with Gasteiger partial charge in [-0.2, -0.15) is 0 Å². The second kappa shape index (κ2) is 10.3. The summed E-state index contributed by atoms with van der Waals surface area (Å²) < 4.78 is 19.5. The van der Waals surface area contributed by atoms with Crippen molar-refractivity contribution < 1.29 is 28.6 Å². The molecule has 2 aromatic rings. The van der Waals surface area contributed by atoms with Gasteiger partial charge in [0.2, 0.25) is 11.8 Å². The Bertz CT molecular complexity index is 1030. The fourth-order valence-corrected chi connectivity index (χ4v) is 3.32. The molecule has 1 aliphatic heterocycles. The van der Waals surface area contributed by atoms with Gasteiger partial charge in [0, 0.05) is 41.9 Å². The highest BCUT2D eigenvalue weighted by molar-refractivity contribution is 6.27. The van der Waals surface area contributed by atoms with Gasteiger partial charge in [0.25, 0.3) is 5.91 Å². The van der Waals surface area contributed by atoms with Crippen LogP contribution in [-0.2, 0) is 22.7 Å². The molecule has 1 heterocycles. The molecule has 0 fully saturated rings. The van der Waals surface area contributed by atoms with Crippen molar-refractivity contribution in [3.05, 3.63) is 58.9 Å².